The van der Waals surface area contributed by atoms with Gasteiger partial charge in [0.05, 0.1) is 32.4 Å². The Labute approximate surface area is 250 Å². The maximum Gasteiger partial charge on any atom is 0.337 e. The monoisotopic (exact) mass is 590 g/mol. The van der Waals surface area contributed by atoms with Crippen molar-refractivity contribution in [2.45, 2.75) is 38.1 Å². The zero-order valence-electron chi connectivity index (χ0n) is 24.5. The standard InChI is InChI=1S/C33H30N4O5Si/c1-34-24-15-23(18-35-19-24)22-11-12-27-25(16-22)26-17-28(33(40)42-3)37(29(38)13-14-43(4,5)6)31(30(26)36-27)20-7-9-21(10-8-20)32(39)41-2/h7-12,15-16,18-19,28,31,36H,17H2,2-6H3. The van der Waals surface area contributed by atoms with E-state index in [2.05, 4.69) is 26.3 Å². The molecule has 1 amide bonds. The Kier molecular flexibility index (Phi) is 7.90. The van der Waals surface area contributed by atoms with E-state index in [1.54, 1.807) is 36.5 Å². The minimum absolute atomic E-state index is 0.211. The molecule has 0 radical (unpaired) electrons. The molecule has 0 bridgehead atoms. The number of benzene rings is 2. The Bertz CT molecular complexity index is 1850. The molecule has 2 atom stereocenters. The van der Waals surface area contributed by atoms with Crippen molar-refractivity contribution >= 4 is 42.5 Å². The molecule has 43 heavy (non-hydrogen) atoms. The summed E-state index contributed by atoms with van der Waals surface area (Å²) >= 11 is 0. The normalized spacial score (nSPS) is 16.0. The predicted molar refractivity (Wildman–Crippen MR) is 165 cm³/mol. The van der Waals surface area contributed by atoms with E-state index in [4.69, 9.17) is 16.0 Å². The highest BCUT2D eigenvalue weighted by molar-refractivity contribution is 6.84. The molecule has 216 valence electrons. The minimum Gasteiger partial charge on any atom is -0.467 e. The van der Waals surface area contributed by atoms with Crippen molar-refractivity contribution in [3.8, 4) is 22.6 Å². The summed E-state index contributed by atoms with van der Waals surface area (Å²) in [5.74, 6) is 1.31. The van der Waals surface area contributed by atoms with Crippen LogP contribution in [0.4, 0.5) is 5.69 Å². The maximum absolute atomic E-state index is 13.9. The van der Waals surface area contributed by atoms with E-state index >= 15 is 0 Å². The summed E-state index contributed by atoms with van der Waals surface area (Å²) in [6.45, 7) is 13.5. The molecule has 0 saturated heterocycles. The van der Waals surface area contributed by atoms with Crippen molar-refractivity contribution < 1.29 is 23.9 Å². The van der Waals surface area contributed by atoms with E-state index in [0.29, 0.717) is 16.8 Å². The molecule has 5 rings (SSSR count). The van der Waals surface area contributed by atoms with Gasteiger partial charge in [-0.25, -0.2) is 14.4 Å². The summed E-state index contributed by atoms with van der Waals surface area (Å²) < 4.78 is 10.1. The van der Waals surface area contributed by atoms with Crippen molar-refractivity contribution in [2.75, 3.05) is 14.2 Å². The number of pyridine rings is 1. The molecule has 9 nitrogen and oxygen atoms in total. The van der Waals surface area contributed by atoms with E-state index in [0.717, 1.165) is 33.3 Å². The highest BCUT2D eigenvalue weighted by atomic mass is 28.3. The number of ether oxygens (including phenoxy) is 2. The van der Waals surface area contributed by atoms with Crippen molar-refractivity contribution in [3.63, 3.8) is 0 Å². The van der Waals surface area contributed by atoms with Crippen LogP contribution in [0.5, 0.6) is 0 Å². The number of fused-ring (bicyclic) bond motifs is 3. The number of nitrogens with zero attached hydrogens (tertiary/aromatic N) is 3. The van der Waals surface area contributed by atoms with Crippen LogP contribution in [0, 0.1) is 18.0 Å². The largest absolute Gasteiger partial charge is 0.467 e. The number of H-pyrrole nitrogens is 1. The van der Waals surface area contributed by atoms with Gasteiger partial charge in [-0.3, -0.25) is 9.78 Å². The topological polar surface area (TPSA) is 106 Å². The SMILES string of the molecule is [C-]#[N+]c1cncc(-c2ccc3[nH]c4c(c3c2)CC(C(=O)OC)N(C(=O)C#C[Si](C)(C)C)C4c2ccc(C(=O)OC)cc2)c1. The van der Waals surface area contributed by atoms with Gasteiger partial charge in [-0.2, -0.15) is 0 Å². The third-order valence-corrected chi connectivity index (χ3v) is 8.18. The molecule has 3 heterocycles. The smallest absolute Gasteiger partial charge is 0.337 e. The molecule has 1 aliphatic rings. The zero-order valence-corrected chi connectivity index (χ0v) is 25.5. The maximum atomic E-state index is 13.9. The fourth-order valence-electron chi connectivity index (χ4n) is 5.30. The lowest BCUT2D eigenvalue weighted by atomic mass is 9.87. The lowest BCUT2D eigenvalue weighted by molar-refractivity contribution is -0.153. The highest BCUT2D eigenvalue weighted by Crippen LogP contribution is 2.42. The quantitative estimate of drug-likeness (QED) is 0.146. The average molecular weight is 591 g/mol. The number of carbonyl (C=O) groups excluding carboxylic acids is 3. The van der Waals surface area contributed by atoms with Gasteiger partial charge >= 0.3 is 11.9 Å². The molecule has 4 aromatic rings. The predicted octanol–water partition coefficient (Wildman–Crippen LogP) is 5.46. The van der Waals surface area contributed by atoms with Crippen LogP contribution < -0.4 is 0 Å². The third-order valence-electron chi connectivity index (χ3n) is 7.31. The fraction of sp³-hybridized carbons (Fsp3) is 0.242. The number of esters is 2. The van der Waals surface area contributed by atoms with E-state index in [1.807, 2.05) is 37.8 Å². The summed E-state index contributed by atoms with van der Waals surface area (Å²) in [5, 5.41) is 0.881. The van der Waals surface area contributed by atoms with Crippen molar-refractivity contribution in [3.05, 3.63) is 94.7 Å². The van der Waals surface area contributed by atoms with Gasteiger partial charge in [0.2, 0.25) is 5.69 Å². The molecule has 0 saturated carbocycles. The second kappa shape index (κ2) is 11.6. The van der Waals surface area contributed by atoms with Crippen LogP contribution >= 0.6 is 0 Å². The van der Waals surface area contributed by atoms with Crippen LogP contribution in [0.15, 0.2) is 60.9 Å². The summed E-state index contributed by atoms with van der Waals surface area (Å²) in [6.07, 6.45) is 3.43. The Balaban J connectivity index is 1.73. The molecule has 2 unspecified atom stereocenters. The first kappa shape index (κ1) is 29.3. The van der Waals surface area contributed by atoms with Gasteiger partial charge in [0.25, 0.3) is 5.91 Å². The van der Waals surface area contributed by atoms with Gasteiger partial charge in [0, 0.05) is 35.4 Å². The van der Waals surface area contributed by atoms with Gasteiger partial charge in [-0.05, 0) is 58.5 Å². The first-order valence-electron chi connectivity index (χ1n) is 13.6. The van der Waals surface area contributed by atoms with Crippen molar-refractivity contribution in [1.29, 1.82) is 0 Å². The average Bonchev–Trinajstić information content (AvgIpc) is 3.39. The number of nitrogens with one attached hydrogen (secondary N) is 1. The van der Waals surface area contributed by atoms with Crippen LogP contribution in [-0.4, -0.2) is 61.0 Å². The minimum atomic E-state index is -1.92. The van der Waals surface area contributed by atoms with E-state index in [-0.39, 0.29) is 6.42 Å². The zero-order chi connectivity index (χ0) is 30.9. The van der Waals surface area contributed by atoms with Gasteiger partial charge < -0.3 is 19.4 Å². The lowest BCUT2D eigenvalue weighted by Gasteiger charge is -2.40. The fourth-order valence-corrected chi connectivity index (χ4v) is 5.78. The van der Waals surface area contributed by atoms with Crippen molar-refractivity contribution in [2.24, 2.45) is 0 Å². The number of hydrogen-bond donors (Lipinski definition) is 1. The molecule has 1 N–H and O–H groups in total. The second-order valence-corrected chi connectivity index (χ2v) is 16.0. The number of hydrogen-bond acceptors (Lipinski definition) is 6. The molecule has 1 aliphatic heterocycles. The number of methoxy groups -OCH3 is 2. The Morgan fingerprint density at radius 2 is 1.77 bits per heavy atom. The first-order chi connectivity index (χ1) is 20.5. The summed E-state index contributed by atoms with van der Waals surface area (Å²) in [4.78, 5) is 52.0. The van der Waals surface area contributed by atoms with Crippen LogP contribution in [0.25, 0.3) is 26.9 Å². The van der Waals surface area contributed by atoms with E-state index in [1.165, 1.54) is 25.3 Å². The van der Waals surface area contributed by atoms with Crippen molar-refractivity contribution in [1.82, 2.24) is 14.9 Å². The number of carbonyl (C=O) groups is 3. The second-order valence-electron chi connectivity index (χ2n) is 11.3. The lowest BCUT2D eigenvalue weighted by Crippen LogP contribution is -2.51. The Morgan fingerprint density at radius 3 is 2.42 bits per heavy atom. The Hall–Kier alpha value is -5.19. The number of aromatic amines is 1. The summed E-state index contributed by atoms with van der Waals surface area (Å²) in [5.41, 5.74) is 8.70. The van der Waals surface area contributed by atoms with Crippen LogP contribution in [0.3, 0.4) is 0 Å². The molecule has 10 heteroatoms. The summed E-state index contributed by atoms with van der Waals surface area (Å²) in [6, 6.07) is 12.8. The molecular weight excluding hydrogens is 560 g/mol. The molecule has 0 spiro atoms. The Morgan fingerprint density at radius 1 is 1.02 bits per heavy atom. The summed E-state index contributed by atoms with van der Waals surface area (Å²) in [7, 11) is 0.701. The van der Waals surface area contributed by atoms with E-state index in [9.17, 15) is 14.4 Å². The van der Waals surface area contributed by atoms with E-state index < -0.39 is 38.0 Å². The van der Waals surface area contributed by atoms with Crippen LogP contribution in [0.2, 0.25) is 19.6 Å². The van der Waals surface area contributed by atoms with Gasteiger partial charge in [-0.1, -0.05) is 37.8 Å². The number of amides is 1. The molecule has 2 aromatic heterocycles. The van der Waals surface area contributed by atoms with Gasteiger partial charge in [0.15, 0.2) is 0 Å². The first-order valence-corrected chi connectivity index (χ1v) is 17.1. The number of rotatable bonds is 4. The van der Waals surface area contributed by atoms with Gasteiger partial charge in [0.1, 0.15) is 14.1 Å². The van der Waals surface area contributed by atoms with Crippen LogP contribution in [-0.2, 0) is 25.5 Å². The molecule has 0 fully saturated rings. The molecule has 0 aliphatic carbocycles. The molecular formula is C33H30N4O5Si. The molecule has 2 aromatic carbocycles. The third kappa shape index (κ3) is 5.78. The highest BCUT2D eigenvalue weighted by Gasteiger charge is 2.44. The van der Waals surface area contributed by atoms with Crippen LogP contribution in [0.1, 0.15) is 33.2 Å². The number of aromatic nitrogens is 2. The van der Waals surface area contributed by atoms with Gasteiger partial charge in [-0.15, -0.1) is 5.54 Å².